The average molecular weight is 402 g/mol. The van der Waals surface area contributed by atoms with E-state index < -0.39 is 0 Å². The molecule has 1 aliphatic rings. The van der Waals surface area contributed by atoms with Crippen LogP contribution in [-0.4, -0.2) is 32.6 Å². The lowest BCUT2D eigenvalue weighted by Gasteiger charge is -2.18. The second kappa shape index (κ2) is 8.29. The van der Waals surface area contributed by atoms with Crippen LogP contribution in [0.15, 0.2) is 66.7 Å². The first-order chi connectivity index (χ1) is 14.6. The van der Waals surface area contributed by atoms with E-state index in [9.17, 15) is 9.59 Å². The van der Waals surface area contributed by atoms with Crippen LogP contribution in [-0.2, 0) is 6.42 Å². The minimum Gasteiger partial charge on any atom is -0.497 e. The summed E-state index contributed by atoms with van der Waals surface area (Å²) in [6, 6.07) is 19.7. The molecule has 0 saturated carbocycles. The number of amides is 2. The van der Waals surface area contributed by atoms with Gasteiger partial charge in [-0.3, -0.25) is 9.59 Å². The van der Waals surface area contributed by atoms with Gasteiger partial charge in [0.05, 0.1) is 14.2 Å². The van der Waals surface area contributed by atoms with Crippen LogP contribution in [0.4, 0.5) is 11.4 Å². The summed E-state index contributed by atoms with van der Waals surface area (Å²) in [5.41, 5.74) is 3.54. The highest BCUT2D eigenvalue weighted by Crippen LogP contribution is 2.31. The summed E-state index contributed by atoms with van der Waals surface area (Å²) in [6.45, 7) is 0.584. The Balaban J connectivity index is 1.56. The van der Waals surface area contributed by atoms with Gasteiger partial charge in [0.2, 0.25) is 0 Å². The smallest absolute Gasteiger partial charge is 0.258 e. The number of fused-ring (bicyclic) bond motifs is 1. The lowest BCUT2D eigenvalue weighted by Crippen LogP contribution is -2.29. The van der Waals surface area contributed by atoms with E-state index in [0.717, 1.165) is 17.7 Å². The van der Waals surface area contributed by atoms with E-state index >= 15 is 0 Å². The van der Waals surface area contributed by atoms with Crippen LogP contribution in [0, 0.1) is 0 Å². The number of hydrogen-bond acceptors (Lipinski definition) is 4. The minimum absolute atomic E-state index is 0.0956. The molecule has 2 amide bonds. The second-order valence-corrected chi connectivity index (χ2v) is 6.96. The van der Waals surface area contributed by atoms with Gasteiger partial charge in [-0.25, -0.2) is 0 Å². The van der Waals surface area contributed by atoms with Crippen LogP contribution in [0.2, 0.25) is 0 Å². The van der Waals surface area contributed by atoms with Crippen molar-refractivity contribution in [3.8, 4) is 11.5 Å². The molecule has 0 atom stereocenters. The zero-order valence-electron chi connectivity index (χ0n) is 16.8. The van der Waals surface area contributed by atoms with E-state index in [1.165, 1.54) is 0 Å². The third kappa shape index (κ3) is 3.85. The maximum atomic E-state index is 13.0. The third-order valence-corrected chi connectivity index (χ3v) is 5.15. The number of ether oxygens (including phenoxy) is 2. The average Bonchev–Trinajstić information content (AvgIpc) is 3.22. The monoisotopic (exact) mass is 402 g/mol. The topological polar surface area (TPSA) is 67.9 Å². The third-order valence-electron chi connectivity index (χ3n) is 5.15. The van der Waals surface area contributed by atoms with Crippen LogP contribution < -0.4 is 19.7 Å². The van der Waals surface area contributed by atoms with E-state index in [4.69, 9.17) is 9.47 Å². The molecule has 1 heterocycles. The first kappa shape index (κ1) is 19.5. The maximum Gasteiger partial charge on any atom is 0.258 e. The van der Waals surface area contributed by atoms with Crippen LogP contribution >= 0.6 is 0 Å². The highest BCUT2D eigenvalue weighted by atomic mass is 16.5. The molecule has 0 radical (unpaired) electrons. The number of carbonyl (C=O) groups is 2. The summed E-state index contributed by atoms with van der Waals surface area (Å²) in [7, 11) is 3.17. The Hall–Kier alpha value is -3.80. The fraction of sp³-hybridized carbons (Fsp3) is 0.167. The van der Waals surface area contributed by atoms with Crippen molar-refractivity contribution in [2.45, 2.75) is 6.42 Å². The largest absolute Gasteiger partial charge is 0.497 e. The SMILES string of the molecule is COc1ccc(C(=O)N2CCc3ccc(C(=O)Nc4cccc(OC)c4)cc32)cc1. The summed E-state index contributed by atoms with van der Waals surface area (Å²) in [5, 5.41) is 2.88. The molecule has 3 aromatic carbocycles. The number of hydrogen-bond donors (Lipinski definition) is 1. The molecule has 0 fully saturated rings. The van der Waals surface area contributed by atoms with Crippen molar-refractivity contribution >= 4 is 23.2 Å². The highest BCUT2D eigenvalue weighted by Gasteiger charge is 2.26. The number of benzene rings is 3. The van der Waals surface area contributed by atoms with Gasteiger partial charge < -0.3 is 19.7 Å². The zero-order chi connectivity index (χ0) is 21.1. The molecule has 0 bridgehead atoms. The van der Waals surface area contributed by atoms with Gasteiger partial charge in [0.15, 0.2) is 0 Å². The Morgan fingerprint density at radius 1 is 0.867 bits per heavy atom. The zero-order valence-corrected chi connectivity index (χ0v) is 16.8. The molecule has 0 aliphatic carbocycles. The van der Waals surface area contributed by atoms with Crippen LogP contribution in [0.5, 0.6) is 11.5 Å². The fourth-order valence-corrected chi connectivity index (χ4v) is 3.52. The Labute approximate surface area is 175 Å². The summed E-state index contributed by atoms with van der Waals surface area (Å²) < 4.78 is 10.4. The van der Waals surface area contributed by atoms with Crippen molar-refractivity contribution in [1.29, 1.82) is 0 Å². The first-order valence-corrected chi connectivity index (χ1v) is 9.63. The number of carbonyl (C=O) groups excluding carboxylic acids is 2. The second-order valence-electron chi connectivity index (χ2n) is 6.96. The first-order valence-electron chi connectivity index (χ1n) is 9.63. The van der Waals surface area contributed by atoms with E-state index in [2.05, 4.69) is 5.32 Å². The van der Waals surface area contributed by atoms with Crippen LogP contribution in [0.25, 0.3) is 0 Å². The quantitative estimate of drug-likeness (QED) is 0.696. The lowest BCUT2D eigenvalue weighted by atomic mass is 10.1. The van der Waals surface area contributed by atoms with Gasteiger partial charge in [0.25, 0.3) is 11.8 Å². The maximum absolute atomic E-state index is 13.0. The number of rotatable bonds is 5. The number of anilines is 2. The molecule has 6 nitrogen and oxygen atoms in total. The summed E-state index contributed by atoms with van der Waals surface area (Å²) in [4.78, 5) is 27.5. The Morgan fingerprint density at radius 3 is 2.33 bits per heavy atom. The lowest BCUT2D eigenvalue weighted by molar-refractivity contribution is 0.0986. The summed E-state index contributed by atoms with van der Waals surface area (Å²) in [6.07, 6.45) is 0.759. The summed E-state index contributed by atoms with van der Waals surface area (Å²) in [5.74, 6) is 1.03. The number of nitrogens with one attached hydrogen (secondary N) is 1. The van der Waals surface area contributed by atoms with E-state index in [1.807, 2.05) is 18.2 Å². The van der Waals surface area contributed by atoms with Crippen LogP contribution in [0.1, 0.15) is 26.3 Å². The highest BCUT2D eigenvalue weighted by molar-refractivity contribution is 6.09. The van der Waals surface area contributed by atoms with Gasteiger partial charge >= 0.3 is 0 Å². The minimum atomic E-state index is -0.241. The van der Waals surface area contributed by atoms with Crippen molar-refractivity contribution in [1.82, 2.24) is 0 Å². The normalized spacial score (nSPS) is 12.3. The van der Waals surface area contributed by atoms with E-state index in [1.54, 1.807) is 67.7 Å². The van der Waals surface area contributed by atoms with Gasteiger partial charge in [0.1, 0.15) is 11.5 Å². The summed E-state index contributed by atoms with van der Waals surface area (Å²) >= 11 is 0. The number of methoxy groups -OCH3 is 2. The number of nitrogens with zero attached hydrogens (tertiary/aromatic N) is 1. The van der Waals surface area contributed by atoms with Gasteiger partial charge in [-0.15, -0.1) is 0 Å². The van der Waals surface area contributed by atoms with E-state index in [-0.39, 0.29) is 11.8 Å². The molecule has 0 saturated heterocycles. The Bertz CT molecular complexity index is 1090. The van der Waals surface area contributed by atoms with Crippen molar-refractivity contribution in [2.24, 2.45) is 0 Å². The molecule has 1 N–H and O–H groups in total. The standard InChI is InChI=1S/C24H22N2O4/c1-29-20-10-8-17(9-11-20)24(28)26-13-12-16-6-7-18(14-22(16)26)23(27)25-19-4-3-5-21(15-19)30-2/h3-11,14-15H,12-13H2,1-2H3,(H,25,27). The molecular formula is C24H22N2O4. The van der Waals surface area contributed by atoms with Crippen molar-refractivity contribution in [3.05, 3.63) is 83.4 Å². The van der Waals surface area contributed by atoms with Gasteiger partial charge in [-0.2, -0.15) is 0 Å². The molecule has 0 spiro atoms. The van der Waals surface area contributed by atoms with E-state index in [0.29, 0.717) is 34.9 Å². The Kier molecular flexibility index (Phi) is 5.39. The molecule has 6 heteroatoms. The Morgan fingerprint density at radius 2 is 1.60 bits per heavy atom. The fourth-order valence-electron chi connectivity index (χ4n) is 3.52. The molecule has 152 valence electrons. The molecule has 30 heavy (non-hydrogen) atoms. The van der Waals surface area contributed by atoms with Crippen molar-refractivity contribution < 1.29 is 19.1 Å². The van der Waals surface area contributed by atoms with Gasteiger partial charge in [0, 0.05) is 35.1 Å². The van der Waals surface area contributed by atoms with Crippen molar-refractivity contribution in [2.75, 3.05) is 31.0 Å². The van der Waals surface area contributed by atoms with Gasteiger partial charge in [-0.05, 0) is 60.5 Å². The molecule has 0 unspecified atom stereocenters. The predicted octanol–water partition coefficient (Wildman–Crippen LogP) is 4.16. The molecular weight excluding hydrogens is 380 g/mol. The predicted molar refractivity (Wildman–Crippen MR) is 116 cm³/mol. The molecule has 0 aromatic heterocycles. The molecule has 4 rings (SSSR count). The molecule has 1 aliphatic heterocycles. The molecule has 3 aromatic rings. The van der Waals surface area contributed by atoms with Crippen molar-refractivity contribution in [3.63, 3.8) is 0 Å². The van der Waals surface area contributed by atoms with Crippen LogP contribution in [0.3, 0.4) is 0 Å². The van der Waals surface area contributed by atoms with Gasteiger partial charge in [-0.1, -0.05) is 12.1 Å².